The lowest BCUT2D eigenvalue weighted by Gasteiger charge is -2.26. The smallest absolute Gasteiger partial charge is 0.306 e. The largest absolute Gasteiger partial charge is 0.545 e. The van der Waals surface area contributed by atoms with Crippen LogP contribution in [0.4, 0.5) is 0 Å². The monoisotopic (exact) mass is 1490 g/mol. The van der Waals surface area contributed by atoms with Crippen LogP contribution in [0.2, 0.25) is 0 Å². The summed E-state index contributed by atoms with van der Waals surface area (Å²) in [5.41, 5.74) is 0. The van der Waals surface area contributed by atoms with Crippen LogP contribution in [0.5, 0.6) is 0 Å². The van der Waals surface area contributed by atoms with Gasteiger partial charge in [-0.1, -0.05) is 451 Å². The van der Waals surface area contributed by atoms with Gasteiger partial charge in [-0.2, -0.15) is 0 Å². The molecule has 107 heavy (non-hydrogen) atoms. The van der Waals surface area contributed by atoms with E-state index in [9.17, 15) is 19.5 Å². The molecule has 9 nitrogen and oxygen atoms in total. The van der Waals surface area contributed by atoms with E-state index >= 15 is 0 Å². The second-order valence-electron chi connectivity index (χ2n) is 32.2. The third-order valence-electron chi connectivity index (χ3n) is 20.5. The van der Waals surface area contributed by atoms with E-state index < -0.39 is 24.3 Å². The first-order chi connectivity index (χ1) is 52.6. The molecule has 0 heterocycles. The van der Waals surface area contributed by atoms with Crippen LogP contribution in [0.3, 0.4) is 0 Å². The maximum atomic E-state index is 13.0. The van der Waals surface area contributed by atoms with Gasteiger partial charge in [0.2, 0.25) is 0 Å². The van der Waals surface area contributed by atoms with Gasteiger partial charge in [0, 0.05) is 12.8 Å². The van der Waals surface area contributed by atoms with Gasteiger partial charge in [-0.25, -0.2) is 0 Å². The number of aliphatic carboxylic acids is 1. The second kappa shape index (κ2) is 87.5. The number of carbonyl (C=O) groups is 3. The fourth-order valence-electron chi connectivity index (χ4n) is 13.6. The molecule has 0 aliphatic heterocycles. The molecule has 0 aliphatic rings. The molecule has 0 amide bonds. The Morgan fingerprint density at radius 3 is 0.794 bits per heavy atom. The molecular weight excluding hydrogens is 1320 g/mol. The first-order valence-corrected chi connectivity index (χ1v) is 46.0. The van der Waals surface area contributed by atoms with Crippen molar-refractivity contribution >= 4 is 17.9 Å². The summed E-state index contributed by atoms with van der Waals surface area (Å²) in [6.07, 6.45) is 121. The van der Waals surface area contributed by atoms with Crippen molar-refractivity contribution in [1.82, 2.24) is 0 Å². The molecular formula is C98H175NO8. The van der Waals surface area contributed by atoms with Crippen LogP contribution >= 0.6 is 0 Å². The van der Waals surface area contributed by atoms with E-state index in [0.717, 1.165) is 96.3 Å². The predicted octanol–water partition coefficient (Wildman–Crippen LogP) is 29.0. The number of hydrogen-bond donors (Lipinski definition) is 0. The number of allylic oxidation sites excluding steroid dienone is 18. The summed E-state index contributed by atoms with van der Waals surface area (Å²) in [6.45, 7) is 4.69. The third kappa shape index (κ3) is 89.0. The molecule has 0 aliphatic carbocycles. The fourth-order valence-corrected chi connectivity index (χ4v) is 13.6. The number of ether oxygens (including phenoxy) is 4. The van der Waals surface area contributed by atoms with Crippen LogP contribution in [-0.4, -0.2) is 82.3 Å². The number of carbonyl (C=O) groups excluding carboxylic acids is 3. The highest BCUT2D eigenvalue weighted by Gasteiger charge is 2.22. The van der Waals surface area contributed by atoms with Crippen molar-refractivity contribution in [1.29, 1.82) is 0 Å². The molecule has 0 bridgehead atoms. The van der Waals surface area contributed by atoms with Gasteiger partial charge in [0.15, 0.2) is 12.4 Å². The van der Waals surface area contributed by atoms with Crippen molar-refractivity contribution in [3.05, 3.63) is 109 Å². The molecule has 620 valence electrons. The molecule has 0 aromatic carbocycles. The van der Waals surface area contributed by atoms with Crippen LogP contribution in [0.25, 0.3) is 0 Å². The molecule has 0 rings (SSSR count). The number of rotatable bonds is 86. The third-order valence-corrected chi connectivity index (χ3v) is 20.5. The van der Waals surface area contributed by atoms with E-state index in [1.165, 1.54) is 308 Å². The zero-order chi connectivity index (χ0) is 77.4. The Bertz CT molecular complexity index is 2140. The van der Waals surface area contributed by atoms with E-state index in [4.69, 9.17) is 18.9 Å². The number of carboxylic acid groups (broad SMARTS) is 1. The molecule has 0 radical (unpaired) electrons. The van der Waals surface area contributed by atoms with E-state index in [2.05, 4.69) is 123 Å². The summed E-state index contributed by atoms with van der Waals surface area (Å²) in [7, 11) is 5.95. The molecule has 2 unspecified atom stereocenters. The highest BCUT2D eigenvalue weighted by Crippen LogP contribution is 2.21. The minimum absolute atomic E-state index is 0.146. The summed E-state index contributed by atoms with van der Waals surface area (Å²) in [6, 6.07) is 0. The number of unbranched alkanes of at least 4 members (excludes halogenated alkanes) is 53. The molecule has 0 spiro atoms. The highest BCUT2D eigenvalue weighted by molar-refractivity contribution is 5.70. The molecule has 0 N–H and O–H groups in total. The van der Waals surface area contributed by atoms with Gasteiger partial charge in [0.25, 0.3) is 0 Å². The molecule has 0 fully saturated rings. The zero-order valence-corrected chi connectivity index (χ0v) is 71.3. The average Bonchev–Trinajstić information content (AvgIpc) is 0.965. The normalized spacial score (nSPS) is 13.1. The summed E-state index contributed by atoms with van der Waals surface area (Å²) < 4.78 is 22.9. The number of esters is 2. The Kier molecular flexibility index (Phi) is 84.2. The molecule has 0 aromatic rings. The Balaban J connectivity index is 3.94. The number of nitrogens with zero attached hydrogens (tertiary/aromatic N) is 1. The Morgan fingerprint density at radius 1 is 0.290 bits per heavy atom. The molecule has 0 saturated carbocycles. The SMILES string of the molecule is CC/C=C\C/C=C\C/C=C\C/C=C\C/C=C\C/C=C\C/C=C\C/C=C\C/C=C\CCCCCCCCCCCCCCCC(=O)OC(COC(=O)CCCCCCCCCCCCCCCCCCCCCCCCCCCCCCCCCCCCCCCCCCC)COC(OCC[N+](C)(C)C)C(=O)[O-]. The topological polar surface area (TPSA) is 111 Å². The Hall–Kier alpha value is -4.05. The van der Waals surface area contributed by atoms with Gasteiger partial charge in [-0.15, -0.1) is 0 Å². The average molecular weight is 1500 g/mol. The minimum Gasteiger partial charge on any atom is -0.545 e. The van der Waals surface area contributed by atoms with Gasteiger partial charge in [0.05, 0.1) is 40.3 Å². The molecule has 0 aromatic heterocycles. The lowest BCUT2D eigenvalue weighted by Crippen LogP contribution is -2.44. The standard InChI is InChI=1S/C98H175NO8/c1-6-8-10-12-14-16-18-20-22-24-26-28-30-32-34-36-38-40-42-44-46-48-50-52-54-56-58-60-62-64-66-68-70-72-74-76-78-80-82-84-86-88-95(100)105-92-94(93-106-98(97(102)103)104-91-90-99(3,4)5)107-96(101)89-87-85-83-81-79-77-75-73-71-69-67-65-63-61-59-57-55-53-51-49-47-45-43-41-39-37-35-33-31-29-27-25-23-21-19-17-15-13-11-9-7-2/h9,11,15,17,21,23,27,29,33,35,39,41,45,47,51,53,57,59,94,98H,6-8,10,12-14,16,18-20,22,24-26,28,30-32,34,36-38,40,42-44,46,48-50,52,54-56,58,60-93H2,1-5H3/b11-9-,17-15-,23-21-,29-27-,35-33-,41-39-,47-45-,53-51-,59-57-. The summed E-state index contributed by atoms with van der Waals surface area (Å²) >= 11 is 0. The number of hydrogen-bond acceptors (Lipinski definition) is 8. The predicted molar refractivity (Wildman–Crippen MR) is 463 cm³/mol. The molecule has 2 atom stereocenters. The van der Waals surface area contributed by atoms with E-state index in [1.54, 1.807) is 0 Å². The van der Waals surface area contributed by atoms with Crippen LogP contribution in [0, 0.1) is 0 Å². The lowest BCUT2D eigenvalue weighted by molar-refractivity contribution is -0.870. The van der Waals surface area contributed by atoms with Gasteiger partial charge in [0.1, 0.15) is 13.2 Å². The van der Waals surface area contributed by atoms with Gasteiger partial charge < -0.3 is 33.3 Å². The van der Waals surface area contributed by atoms with Gasteiger partial charge >= 0.3 is 11.9 Å². The van der Waals surface area contributed by atoms with Crippen LogP contribution in [0.15, 0.2) is 109 Å². The van der Waals surface area contributed by atoms with Crippen LogP contribution in [-0.2, 0) is 33.3 Å². The van der Waals surface area contributed by atoms with Crippen molar-refractivity contribution in [2.24, 2.45) is 0 Å². The quantitative estimate of drug-likeness (QED) is 0.0195. The van der Waals surface area contributed by atoms with Gasteiger partial charge in [-0.3, -0.25) is 9.59 Å². The van der Waals surface area contributed by atoms with Crippen molar-refractivity contribution in [2.45, 2.75) is 450 Å². The first-order valence-electron chi connectivity index (χ1n) is 46.0. The van der Waals surface area contributed by atoms with Crippen molar-refractivity contribution < 1.29 is 42.9 Å². The van der Waals surface area contributed by atoms with Crippen LogP contribution < -0.4 is 5.11 Å². The summed E-state index contributed by atoms with van der Waals surface area (Å²) in [5, 5.41) is 11.9. The number of carboxylic acids is 1. The number of likely N-dealkylation sites (N-methyl/N-ethyl adjacent to an activating group) is 1. The van der Waals surface area contributed by atoms with Crippen LogP contribution in [0.1, 0.15) is 438 Å². The highest BCUT2D eigenvalue weighted by atomic mass is 16.7. The van der Waals surface area contributed by atoms with Crippen molar-refractivity contribution in [3.63, 3.8) is 0 Å². The number of quaternary nitrogens is 1. The van der Waals surface area contributed by atoms with E-state index in [0.29, 0.717) is 23.9 Å². The maximum absolute atomic E-state index is 13.0. The lowest BCUT2D eigenvalue weighted by atomic mass is 10.0. The van der Waals surface area contributed by atoms with E-state index in [1.807, 2.05) is 21.1 Å². The first kappa shape index (κ1) is 103. The fraction of sp³-hybridized carbons (Fsp3) is 0.786. The van der Waals surface area contributed by atoms with Crippen molar-refractivity contribution in [2.75, 3.05) is 47.5 Å². The van der Waals surface area contributed by atoms with Crippen molar-refractivity contribution in [3.8, 4) is 0 Å². The Morgan fingerprint density at radius 2 is 0.533 bits per heavy atom. The maximum Gasteiger partial charge on any atom is 0.306 e. The Labute approximate surface area is 664 Å². The minimum atomic E-state index is -1.63. The summed E-state index contributed by atoms with van der Waals surface area (Å²) in [5.74, 6) is -2.26. The summed E-state index contributed by atoms with van der Waals surface area (Å²) in [4.78, 5) is 37.7. The zero-order valence-electron chi connectivity index (χ0n) is 71.3. The van der Waals surface area contributed by atoms with E-state index in [-0.39, 0.29) is 32.2 Å². The van der Waals surface area contributed by atoms with Gasteiger partial charge in [-0.05, 0) is 83.5 Å². The second-order valence-corrected chi connectivity index (χ2v) is 32.2. The molecule has 0 saturated heterocycles. The molecule has 9 heteroatoms.